The molecule has 0 aliphatic carbocycles. The van der Waals surface area contributed by atoms with Crippen LogP contribution in [0.2, 0.25) is 0 Å². The Morgan fingerprint density at radius 1 is 0.391 bits per heavy atom. The Balaban J connectivity index is 1.34. The standard InChI is InChI=1S/C44H29NS/c1-4-12-30(13-5-1)35-26-36(31-14-6-2-7-15-31)28-37(27-35)45-42-23-21-34(39-19-11-10-18-38(39)32-16-8-3-9-17-32)29-41(42)40-22-20-33-24-25-46-44(33)43(40)45/h1-29H. The number of nitrogens with zero attached hydrogens (tertiary/aromatic N) is 1. The molecule has 2 heteroatoms. The lowest BCUT2D eigenvalue weighted by molar-refractivity contribution is 1.19. The number of aromatic nitrogens is 1. The summed E-state index contributed by atoms with van der Waals surface area (Å²) in [5.74, 6) is 0. The van der Waals surface area contributed by atoms with Gasteiger partial charge in [0.2, 0.25) is 0 Å². The summed E-state index contributed by atoms with van der Waals surface area (Å²) < 4.78 is 3.81. The lowest BCUT2D eigenvalue weighted by Gasteiger charge is -2.15. The number of rotatable bonds is 5. The van der Waals surface area contributed by atoms with Gasteiger partial charge >= 0.3 is 0 Å². The summed E-state index contributed by atoms with van der Waals surface area (Å²) in [4.78, 5) is 0. The smallest absolute Gasteiger partial charge is 0.0719 e. The summed E-state index contributed by atoms with van der Waals surface area (Å²) in [7, 11) is 0. The Hall–Kier alpha value is -5.70. The van der Waals surface area contributed by atoms with Gasteiger partial charge in [0.25, 0.3) is 0 Å². The van der Waals surface area contributed by atoms with E-state index >= 15 is 0 Å². The molecule has 0 saturated carbocycles. The van der Waals surface area contributed by atoms with Crippen LogP contribution in [-0.4, -0.2) is 4.57 Å². The SMILES string of the molecule is c1ccc(-c2cc(-c3ccccc3)cc(-n3c4ccc(-c5ccccc5-c5ccccc5)cc4c4ccc5ccsc5c43)c2)cc1. The van der Waals surface area contributed by atoms with Crippen LogP contribution in [0.1, 0.15) is 0 Å². The van der Waals surface area contributed by atoms with Crippen molar-refractivity contribution in [2.24, 2.45) is 0 Å². The van der Waals surface area contributed by atoms with Gasteiger partial charge in [-0.2, -0.15) is 0 Å². The molecule has 0 radical (unpaired) electrons. The summed E-state index contributed by atoms with van der Waals surface area (Å²) in [6.45, 7) is 0. The van der Waals surface area contributed by atoms with Crippen LogP contribution in [0.25, 0.3) is 82.1 Å². The first kappa shape index (κ1) is 26.7. The van der Waals surface area contributed by atoms with Crippen molar-refractivity contribution in [3.05, 3.63) is 175 Å². The molecule has 2 aromatic heterocycles. The van der Waals surface area contributed by atoms with Crippen molar-refractivity contribution in [3.63, 3.8) is 0 Å². The second kappa shape index (κ2) is 11.0. The lowest BCUT2D eigenvalue weighted by Crippen LogP contribution is -1.96. The van der Waals surface area contributed by atoms with E-state index < -0.39 is 0 Å². The molecule has 0 atom stereocenters. The maximum atomic E-state index is 2.50. The molecule has 0 N–H and O–H groups in total. The van der Waals surface area contributed by atoms with Gasteiger partial charge in [-0.15, -0.1) is 11.3 Å². The van der Waals surface area contributed by atoms with E-state index in [1.165, 1.54) is 82.1 Å². The van der Waals surface area contributed by atoms with Crippen LogP contribution in [0.15, 0.2) is 175 Å². The average molecular weight is 604 g/mol. The van der Waals surface area contributed by atoms with Crippen LogP contribution in [0, 0.1) is 0 Å². The van der Waals surface area contributed by atoms with E-state index in [4.69, 9.17) is 0 Å². The Labute approximate surface area is 272 Å². The van der Waals surface area contributed by atoms with Gasteiger partial charge in [0.05, 0.1) is 15.7 Å². The molecule has 1 nitrogen and oxygen atoms in total. The minimum atomic E-state index is 1.17. The van der Waals surface area contributed by atoms with Gasteiger partial charge in [0.15, 0.2) is 0 Å². The molecule has 9 aromatic rings. The van der Waals surface area contributed by atoms with E-state index in [9.17, 15) is 0 Å². The maximum absolute atomic E-state index is 2.50. The Bertz CT molecular complexity index is 2450. The lowest BCUT2D eigenvalue weighted by atomic mass is 9.94. The van der Waals surface area contributed by atoms with Gasteiger partial charge < -0.3 is 4.57 Å². The molecule has 0 fully saturated rings. The number of fused-ring (bicyclic) bond motifs is 5. The first-order chi connectivity index (χ1) is 22.8. The number of hydrogen-bond acceptors (Lipinski definition) is 1. The van der Waals surface area contributed by atoms with Crippen LogP contribution in [0.3, 0.4) is 0 Å². The number of thiophene rings is 1. The van der Waals surface area contributed by atoms with Gasteiger partial charge in [-0.05, 0) is 91.7 Å². The highest BCUT2D eigenvalue weighted by molar-refractivity contribution is 7.18. The first-order valence-electron chi connectivity index (χ1n) is 15.7. The highest BCUT2D eigenvalue weighted by atomic mass is 32.1. The van der Waals surface area contributed by atoms with Gasteiger partial charge in [-0.3, -0.25) is 0 Å². The molecule has 9 rings (SSSR count). The fourth-order valence-electron chi connectivity index (χ4n) is 6.90. The molecule has 0 aliphatic rings. The molecular weight excluding hydrogens is 575 g/mol. The van der Waals surface area contributed by atoms with Crippen molar-refractivity contribution in [1.82, 2.24) is 4.57 Å². The normalized spacial score (nSPS) is 11.5. The zero-order valence-electron chi connectivity index (χ0n) is 25.1. The Kier molecular flexibility index (Phi) is 6.40. The molecule has 0 bridgehead atoms. The van der Waals surface area contributed by atoms with Gasteiger partial charge in [0, 0.05) is 16.5 Å². The highest BCUT2D eigenvalue weighted by Gasteiger charge is 2.19. The third-order valence-electron chi connectivity index (χ3n) is 9.06. The Morgan fingerprint density at radius 2 is 0.978 bits per heavy atom. The number of benzene rings is 7. The molecule has 46 heavy (non-hydrogen) atoms. The van der Waals surface area contributed by atoms with Crippen molar-refractivity contribution in [1.29, 1.82) is 0 Å². The van der Waals surface area contributed by atoms with E-state index in [2.05, 4.69) is 180 Å². The summed E-state index contributed by atoms with van der Waals surface area (Å²) in [6.07, 6.45) is 0. The van der Waals surface area contributed by atoms with Crippen molar-refractivity contribution in [2.75, 3.05) is 0 Å². The molecule has 0 spiro atoms. The summed E-state index contributed by atoms with van der Waals surface area (Å²) in [6, 6.07) is 61.8. The quantitative estimate of drug-likeness (QED) is 0.184. The zero-order chi connectivity index (χ0) is 30.5. The van der Waals surface area contributed by atoms with Crippen molar-refractivity contribution in [2.45, 2.75) is 0 Å². The summed E-state index contributed by atoms with van der Waals surface area (Å²) in [5.41, 5.74) is 13.4. The predicted molar refractivity (Wildman–Crippen MR) is 198 cm³/mol. The molecule has 2 heterocycles. The van der Waals surface area contributed by atoms with Gasteiger partial charge in [-0.1, -0.05) is 133 Å². The van der Waals surface area contributed by atoms with Gasteiger partial charge in [0.1, 0.15) is 0 Å². The van der Waals surface area contributed by atoms with Crippen LogP contribution in [0.4, 0.5) is 0 Å². The first-order valence-corrected chi connectivity index (χ1v) is 16.6. The third kappa shape index (κ3) is 4.46. The van der Waals surface area contributed by atoms with Crippen molar-refractivity contribution >= 4 is 43.2 Å². The van der Waals surface area contributed by atoms with E-state index in [1.54, 1.807) is 0 Å². The van der Waals surface area contributed by atoms with E-state index in [0.29, 0.717) is 0 Å². The molecule has 0 unspecified atom stereocenters. The fraction of sp³-hybridized carbons (Fsp3) is 0. The minimum Gasteiger partial charge on any atom is -0.308 e. The van der Waals surface area contributed by atoms with E-state index in [-0.39, 0.29) is 0 Å². The van der Waals surface area contributed by atoms with Gasteiger partial charge in [-0.25, -0.2) is 0 Å². The molecule has 0 amide bonds. The zero-order valence-corrected chi connectivity index (χ0v) is 25.9. The number of hydrogen-bond donors (Lipinski definition) is 0. The second-order valence-electron chi connectivity index (χ2n) is 11.8. The van der Waals surface area contributed by atoms with Crippen molar-refractivity contribution in [3.8, 4) is 50.2 Å². The second-order valence-corrected chi connectivity index (χ2v) is 12.7. The molecule has 7 aromatic carbocycles. The van der Waals surface area contributed by atoms with Crippen LogP contribution >= 0.6 is 11.3 Å². The maximum Gasteiger partial charge on any atom is 0.0719 e. The summed E-state index contributed by atoms with van der Waals surface area (Å²) in [5, 5.41) is 6.02. The van der Waals surface area contributed by atoms with E-state index in [1.807, 2.05) is 11.3 Å². The fourth-order valence-corrected chi connectivity index (χ4v) is 7.83. The summed E-state index contributed by atoms with van der Waals surface area (Å²) >= 11 is 1.82. The monoisotopic (exact) mass is 603 g/mol. The highest BCUT2D eigenvalue weighted by Crippen LogP contribution is 2.42. The van der Waals surface area contributed by atoms with Crippen LogP contribution in [-0.2, 0) is 0 Å². The Morgan fingerprint density at radius 3 is 1.63 bits per heavy atom. The average Bonchev–Trinajstić information content (AvgIpc) is 3.75. The predicted octanol–water partition coefficient (Wildman–Crippen LogP) is 12.7. The third-order valence-corrected chi connectivity index (χ3v) is 10.00. The largest absolute Gasteiger partial charge is 0.308 e. The topological polar surface area (TPSA) is 4.93 Å². The molecule has 0 aliphatic heterocycles. The molecule has 216 valence electrons. The minimum absolute atomic E-state index is 1.17. The van der Waals surface area contributed by atoms with Crippen LogP contribution < -0.4 is 0 Å². The van der Waals surface area contributed by atoms with Crippen LogP contribution in [0.5, 0.6) is 0 Å². The van der Waals surface area contributed by atoms with Crippen molar-refractivity contribution < 1.29 is 0 Å². The van der Waals surface area contributed by atoms with E-state index in [0.717, 1.165) is 0 Å². The molecule has 0 saturated heterocycles. The molecular formula is C44H29NS.